The molecule has 1 aromatic heterocycles. The Kier molecular flexibility index (Phi) is 3.88. The predicted octanol–water partition coefficient (Wildman–Crippen LogP) is 4.00. The molecule has 1 atom stereocenters. The van der Waals surface area contributed by atoms with Gasteiger partial charge in [-0.25, -0.2) is 0 Å². The quantitative estimate of drug-likeness (QED) is 0.883. The van der Waals surface area contributed by atoms with Gasteiger partial charge in [0.05, 0.1) is 0 Å². The van der Waals surface area contributed by atoms with Gasteiger partial charge in [0.2, 0.25) is 0 Å². The van der Waals surface area contributed by atoms with Crippen molar-refractivity contribution < 1.29 is 13.6 Å². The molecule has 0 saturated heterocycles. The van der Waals surface area contributed by atoms with Crippen molar-refractivity contribution in [1.82, 2.24) is 15.1 Å². The summed E-state index contributed by atoms with van der Waals surface area (Å²) in [4.78, 5) is 12.6. The van der Waals surface area contributed by atoms with Gasteiger partial charge in [0, 0.05) is 12.2 Å². The third-order valence-corrected chi connectivity index (χ3v) is 6.63. The zero-order valence-electron chi connectivity index (χ0n) is 14.0. The van der Waals surface area contributed by atoms with E-state index in [2.05, 4.69) is 17.3 Å². The maximum Gasteiger partial charge on any atom is 0.333 e. The molecule has 5 rings (SSSR count). The topological polar surface area (TPSA) is 46.9 Å². The molecule has 0 aliphatic heterocycles. The molecule has 0 unspecified atom stereocenters. The highest BCUT2D eigenvalue weighted by Gasteiger charge is 2.54. The molecule has 4 aliphatic rings. The maximum absolute atomic E-state index is 13.0. The van der Waals surface area contributed by atoms with Gasteiger partial charge in [-0.3, -0.25) is 4.79 Å². The van der Waals surface area contributed by atoms with Gasteiger partial charge in [-0.1, -0.05) is 6.92 Å². The smallest absolute Gasteiger partial charge is 0.333 e. The van der Waals surface area contributed by atoms with Crippen LogP contribution in [0.15, 0.2) is 12.3 Å². The van der Waals surface area contributed by atoms with E-state index in [1.807, 2.05) is 0 Å². The Labute approximate surface area is 141 Å². The normalized spacial score (nSPS) is 35.4. The molecule has 1 heterocycles. The van der Waals surface area contributed by atoms with E-state index in [9.17, 15) is 13.6 Å². The largest absolute Gasteiger partial charge is 0.347 e. The van der Waals surface area contributed by atoms with E-state index in [0.717, 1.165) is 24.2 Å². The Balaban J connectivity index is 1.54. The second-order valence-electron chi connectivity index (χ2n) is 8.15. The minimum atomic E-state index is -2.79. The van der Waals surface area contributed by atoms with Gasteiger partial charge in [0.1, 0.15) is 5.69 Å². The molecule has 1 N–H and O–H groups in total. The number of amides is 1. The van der Waals surface area contributed by atoms with Crippen molar-refractivity contribution in [3.63, 3.8) is 0 Å². The monoisotopic (exact) mass is 337 g/mol. The molecule has 0 aromatic carbocycles. The van der Waals surface area contributed by atoms with Crippen LogP contribution in [0.2, 0.25) is 0 Å². The molecular formula is C18H25F2N3O. The molecule has 1 amide bonds. The highest BCUT2D eigenvalue weighted by atomic mass is 19.3. The average molecular weight is 337 g/mol. The third kappa shape index (κ3) is 2.54. The molecule has 1 aromatic rings. The molecule has 132 valence electrons. The van der Waals surface area contributed by atoms with E-state index < -0.39 is 12.5 Å². The van der Waals surface area contributed by atoms with Crippen molar-refractivity contribution in [3.8, 4) is 0 Å². The lowest BCUT2D eigenvalue weighted by Crippen LogP contribution is -2.56. The van der Waals surface area contributed by atoms with Crippen LogP contribution >= 0.6 is 0 Å². The SMILES string of the molecule is CC[C@@H](NC(=O)c1ccnn1C(F)F)C12CC3CC(CC(C3)C1)C2. The molecule has 24 heavy (non-hydrogen) atoms. The van der Waals surface area contributed by atoms with E-state index >= 15 is 0 Å². The summed E-state index contributed by atoms with van der Waals surface area (Å²) < 4.78 is 26.5. The van der Waals surface area contributed by atoms with Gasteiger partial charge >= 0.3 is 6.55 Å². The van der Waals surface area contributed by atoms with E-state index in [4.69, 9.17) is 0 Å². The predicted molar refractivity (Wildman–Crippen MR) is 85.6 cm³/mol. The van der Waals surface area contributed by atoms with Gasteiger partial charge in [0.15, 0.2) is 0 Å². The Morgan fingerprint density at radius 1 is 1.29 bits per heavy atom. The molecule has 4 bridgehead atoms. The average Bonchev–Trinajstić information content (AvgIpc) is 3.00. The first-order valence-corrected chi connectivity index (χ1v) is 9.13. The van der Waals surface area contributed by atoms with Crippen molar-refractivity contribution >= 4 is 5.91 Å². The van der Waals surface area contributed by atoms with Crippen LogP contribution < -0.4 is 5.32 Å². The Hall–Kier alpha value is -1.46. The summed E-state index contributed by atoms with van der Waals surface area (Å²) in [6.45, 7) is -0.700. The van der Waals surface area contributed by atoms with Gasteiger partial charge in [-0.05, 0) is 74.2 Å². The number of aromatic nitrogens is 2. The number of halogens is 2. The number of alkyl halides is 2. The molecule has 0 radical (unpaired) electrons. The Morgan fingerprint density at radius 2 is 1.88 bits per heavy atom. The molecule has 4 fully saturated rings. The first kappa shape index (κ1) is 16.0. The van der Waals surface area contributed by atoms with E-state index in [1.54, 1.807) is 0 Å². The number of nitrogens with zero attached hydrogens (tertiary/aromatic N) is 2. The highest BCUT2D eigenvalue weighted by Crippen LogP contribution is 2.61. The zero-order valence-corrected chi connectivity index (χ0v) is 14.0. The number of nitrogens with one attached hydrogen (secondary N) is 1. The lowest BCUT2D eigenvalue weighted by molar-refractivity contribution is -0.0728. The van der Waals surface area contributed by atoms with Crippen molar-refractivity contribution in [2.24, 2.45) is 23.2 Å². The van der Waals surface area contributed by atoms with Crippen molar-refractivity contribution in [3.05, 3.63) is 18.0 Å². The van der Waals surface area contributed by atoms with Crippen LogP contribution in [0.1, 0.15) is 68.9 Å². The van der Waals surface area contributed by atoms with Crippen LogP contribution in [0.5, 0.6) is 0 Å². The van der Waals surface area contributed by atoms with Gasteiger partial charge in [-0.2, -0.15) is 18.6 Å². The third-order valence-electron chi connectivity index (χ3n) is 6.63. The number of rotatable bonds is 5. The van der Waals surface area contributed by atoms with E-state index in [1.165, 1.54) is 50.8 Å². The van der Waals surface area contributed by atoms with Gasteiger partial charge in [0.25, 0.3) is 5.91 Å². The van der Waals surface area contributed by atoms with Crippen LogP contribution in [0.4, 0.5) is 8.78 Å². The van der Waals surface area contributed by atoms with E-state index in [-0.39, 0.29) is 17.2 Å². The maximum atomic E-state index is 13.0. The first-order chi connectivity index (χ1) is 11.5. The Morgan fingerprint density at radius 3 is 2.38 bits per heavy atom. The molecule has 4 nitrogen and oxygen atoms in total. The lowest BCUT2D eigenvalue weighted by atomic mass is 9.47. The number of hydrogen-bond donors (Lipinski definition) is 1. The van der Waals surface area contributed by atoms with Crippen LogP contribution in [0.25, 0.3) is 0 Å². The minimum absolute atomic E-state index is 0.0480. The number of carbonyl (C=O) groups excluding carboxylic acids is 1. The summed E-state index contributed by atoms with van der Waals surface area (Å²) in [7, 11) is 0. The van der Waals surface area contributed by atoms with Crippen molar-refractivity contribution in [2.45, 2.75) is 64.5 Å². The second kappa shape index (κ2) is 5.81. The minimum Gasteiger partial charge on any atom is -0.347 e. The van der Waals surface area contributed by atoms with Crippen LogP contribution in [-0.4, -0.2) is 21.7 Å². The fourth-order valence-corrected chi connectivity index (χ4v) is 6.17. The summed E-state index contributed by atoms with van der Waals surface area (Å²) in [6.07, 6.45) is 9.71. The standard InChI is InChI=1S/C18H25F2N3O/c1-2-15(22-16(24)14-3-4-21-23(14)17(19)20)18-8-11-5-12(9-18)7-13(6-11)10-18/h3-4,11-13,15,17H,2,5-10H2,1H3,(H,22,24)/t11?,12?,13?,15-,18?/m1/s1. The fourth-order valence-electron chi connectivity index (χ4n) is 6.17. The summed E-state index contributed by atoms with van der Waals surface area (Å²) in [6, 6.07) is 1.44. The van der Waals surface area contributed by atoms with Crippen molar-refractivity contribution in [1.29, 1.82) is 0 Å². The highest BCUT2D eigenvalue weighted by molar-refractivity contribution is 5.92. The van der Waals surface area contributed by atoms with E-state index in [0.29, 0.717) is 4.68 Å². The summed E-state index contributed by atoms with van der Waals surface area (Å²) in [5.41, 5.74) is 0.127. The first-order valence-electron chi connectivity index (χ1n) is 9.13. The van der Waals surface area contributed by atoms with Crippen LogP contribution in [0, 0.1) is 23.2 Å². The number of carbonyl (C=O) groups is 1. The summed E-state index contributed by atoms with van der Waals surface area (Å²) >= 11 is 0. The van der Waals surface area contributed by atoms with Crippen LogP contribution in [0.3, 0.4) is 0 Å². The Bertz CT molecular complexity index is 592. The van der Waals surface area contributed by atoms with Crippen LogP contribution in [-0.2, 0) is 0 Å². The van der Waals surface area contributed by atoms with Gasteiger partial charge < -0.3 is 5.32 Å². The summed E-state index contributed by atoms with van der Waals surface area (Å²) in [5, 5.41) is 6.66. The zero-order chi connectivity index (χ0) is 16.9. The fraction of sp³-hybridized carbons (Fsp3) is 0.778. The summed E-state index contributed by atoms with van der Waals surface area (Å²) in [5.74, 6) is 1.98. The van der Waals surface area contributed by atoms with Gasteiger partial charge in [-0.15, -0.1) is 0 Å². The van der Waals surface area contributed by atoms with Crippen molar-refractivity contribution in [2.75, 3.05) is 0 Å². The molecule has 4 saturated carbocycles. The second-order valence-corrected chi connectivity index (χ2v) is 8.15. The lowest BCUT2D eigenvalue weighted by Gasteiger charge is -2.59. The molecule has 0 spiro atoms. The molecule has 6 heteroatoms. The molecule has 4 aliphatic carbocycles. The number of hydrogen-bond acceptors (Lipinski definition) is 2. The molecular weight excluding hydrogens is 312 g/mol.